The van der Waals surface area contributed by atoms with E-state index in [2.05, 4.69) is 21.2 Å². The average molecular weight is 379 g/mol. The first-order valence-electron chi connectivity index (χ1n) is 7.61. The van der Waals surface area contributed by atoms with Gasteiger partial charge in [0.15, 0.2) is 0 Å². The van der Waals surface area contributed by atoms with Gasteiger partial charge in [-0.2, -0.15) is 0 Å². The zero-order valence-electron chi connectivity index (χ0n) is 12.3. The Morgan fingerprint density at radius 3 is 2.95 bits per heavy atom. The van der Waals surface area contributed by atoms with Gasteiger partial charge in [0.05, 0.1) is 11.1 Å². The van der Waals surface area contributed by atoms with Crippen LogP contribution in [0, 0.1) is 5.82 Å². The van der Waals surface area contributed by atoms with Crippen molar-refractivity contribution >= 4 is 27.5 Å². The van der Waals surface area contributed by atoms with E-state index < -0.39 is 0 Å². The molecule has 2 atom stereocenters. The minimum absolute atomic E-state index is 0.0221. The van der Waals surface area contributed by atoms with Crippen LogP contribution in [0.4, 0.5) is 4.39 Å². The second-order valence-corrected chi connectivity index (χ2v) is 6.73. The highest BCUT2D eigenvalue weighted by Crippen LogP contribution is 2.31. The lowest BCUT2D eigenvalue weighted by atomic mass is 9.97. The van der Waals surface area contributed by atoms with Crippen molar-refractivity contribution in [2.75, 3.05) is 13.2 Å². The van der Waals surface area contributed by atoms with Gasteiger partial charge in [0.2, 0.25) is 0 Å². The topological polar surface area (TPSA) is 21.3 Å². The molecule has 118 valence electrons. The third kappa shape index (κ3) is 4.92. The van der Waals surface area contributed by atoms with Crippen LogP contribution in [-0.2, 0) is 4.74 Å². The van der Waals surface area contributed by atoms with Crippen LogP contribution in [0.1, 0.15) is 50.6 Å². The highest BCUT2D eigenvalue weighted by atomic mass is 79.9. The molecule has 0 saturated carbocycles. The first-order chi connectivity index (χ1) is 10.1. The minimum Gasteiger partial charge on any atom is -0.378 e. The maximum atomic E-state index is 14.2. The molecule has 2 nitrogen and oxygen atoms in total. The molecule has 5 heteroatoms. The summed E-state index contributed by atoms with van der Waals surface area (Å²) < 4.78 is 20.6. The Hall–Kier alpha value is -0.160. The van der Waals surface area contributed by atoms with E-state index in [9.17, 15) is 4.39 Å². The van der Waals surface area contributed by atoms with E-state index in [0.717, 1.165) is 38.8 Å². The third-order valence-electron chi connectivity index (χ3n) is 3.92. The summed E-state index contributed by atoms with van der Waals surface area (Å²) in [6.45, 7) is 3.68. The lowest BCUT2D eigenvalue weighted by molar-refractivity contribution is 0.00851. The molecule has 1 N–H and O–H groups in total. The van der Waals surface area contributed by atoms with Crippen molar-refractivity contribution in [3.8, 4) is 0 Å². The summed E-state index contributed by atoms with van der Waals surface area (Å²) >= 11 is 9.37. The Morgan fingerprint density at radius 1 is 1.48 bits per heavy atom. The smallest absolute Gasteiger partial charge is 0.129 e. The molecule has 0 aromatic heterocycles. The van der Waals surface area contributed by atoms with E-state index in [1.165, 1.54) is 12.5 Å². The molecule has 0 bridgehead atoms. The Bertz CT molecular complexity index is 466. The molecule has 1 aliphatic heterocycles. The Kier molecular flexibility index (Phi) is 6.93. The number of benzene rings is 1. The SMILES string of the molecule is CCNC(CCC1CCCCO1)c1cc(Cl)c(Br)cc1F. The summed E-state index contributed by atoms with van der Waals surface area (Å²) in [6, 6.07) is 3.14. The second kappa shape index (κ2) is 8.47. The van der Waals surface area contributed by atoms with Gasteiger partial charge in [0.1, 0.15) is 5.82 Å². The van der Waals surface area contributed by atoms with Gasteiger partial charge in [-0.25, -0.2) is 4.39 Å². The van der Waals surface area contributed by atoms with Crippen LogP contribution in [-0.4, -0.2) is 19.3 Å². The molecule has 1 fully saturated rings. The molecule has 1 aromatic carbocycles. The molecule has 0 radical (unpaired) electrons. The van der Waals surface area contributed by atoms with Crippen molar-refractivity contribution in [3.63, 3.8) is 0 Å². The van der Waals surface area contributed by atoms with Crippen LogP contribution in [0.2, 0.25) is 5.02 Å². The summed E-state index contributed by atoms with van der Waals surface area (Å²) in [4.78, 5) is 0. The third-order valence-corrected chi connectivity index (χ3v) is 5.11. The average Bonchev–Trinajstić information content (AvgIpc) is 2.48. The molecule has 1 aromatic rings. The van der Waals surface area contributed by atoms with Crippen LogP contribution in [0.15, 0.2) is 16.6 Å². The van der Waals surface area contributed by atoms with E-state index >= 15 is 0 Å². The molecule has 2 rings (SSSR count). The number of hydrogen-bond acceptors (Lipinski definition) is 2. The normalized spacial score (nSPS) is 20.5. The zero-order chi connectivity index (χ0) is 15.2. The molecule has 0 spiro atoms. The summed E-state index contributed by atoms with van der Waals surface area (Å²) in [5, 5.41) is 3.90. The zero-order valence-corrected chi connectivity index (χ0v) is 14.6. The number of hydrogen-bond donors (Lipinski definition) is 1. The Balaban J connectivity index is 2.05. The minimum atomic E-state index is -0.221. The molecule has 2 unspecified atom stereocenters. The molecule has 0 amide bonds. The van der Waals surface area contributed by atoms with Crippen molar-refractivity contribution in [2.24, 2.45) is 0 Å². The van der Waals surface area contributed by atoms with Crippen molar-refractivity contribution in [1.29, 1.82) is 0 Å². The van der Waals surface area contributed by atoms with Gasteiger partial charge >= 0.3 is 0 Å². The van der Waals surface area contributed by atoms with Crippen LogP contribution >= 0.6 is 27.5 Å². The quantitative estimate of drug-likeness (QED) is 0.683. The Morgan fingerprint density at radius 2 is 2.29 bits per heavy atom. The van der Waals surface area contributed by atoms with Gasteiger partial charge in [-0.3, -0.25) is 0 Å². The monoisotopic (exact) mass is 377 g/mol. The van der Waals surface area contributed by atoms with Crippen molar-refractivity contribution in [3.05, 3.63) is 33.0 Å². The summed E-state index contributed by atoms with van der Waals surface area (Å²) in [7, 11) is 0. The number of ether oxygens (including phenoxy) is 1. The fourth-order valence-electron chi connectivity index (χ4n) is 2.81. The fourth-order valence-corrected chi connectivity index (χ4v) is 3.29. The van der Waals surface area contributed by atoms with Crippen LogP contribution in [0.5, 0.6) is 0 Å². The highest BCUT2D eigenvalue weighted by molar-refractivity contribution is 9.10. The van der Waals surface area contributed by atoms with Gasteiger partial charge in [0.25, 0.3) is 0 Å². The molecule has 0 aliphatic carbocycles. The number of halogens is 3. The number of rotatable bonds is 6. The van der Waals surface area contributed by atoms with Crippen LogP contribution in [0.25, 0.3) is 0 Å². The Labute approximate surface area is 139 Å². The van der Waals surface area contributed by atoms with Gasteiger partial charge in [-0.15, -0.1) is 0 Å². The first-order valence-corrected chi connectivity index (χ1v) is 8.78. The van der Waals surface area contributed by atoms with Crippen molar-refractivity contribution in [1.82, 2.24) is 5.32 Å². The highest BCUT2D eigenvalue weighted by Gasteiger charge is 2.20. The maximum Gasteiger partial charge on any atom is 0.129 e. The van der Waals surface area contributed by atoms with Gasteiger partial charge in [-0.1, -0.05) is 18.5 Å². The predicted octanol–water partition coefficient (Wildman–Crippen LogP) is 5.24. The molecular weight excluding hydrogens is 357 g/mol. The lowest BCUT2D eigenvalue weighted by Crippen LogP contribution is -2.25. The standard InChI is InChI=1S/C16H22BrClFNO/c1-2-20-16(7-6-11-5-3-4-8-21-11)12-9-14(18)13(17)10-15(12)19/h9-11,16,20H,2-8H2,1H3. The van der Waals surface area contributed by atoms with E-state index in [0.29, 0.717) is 21.2 Å². The number of nitrogens with one attached hydrogen (secondary N) is 1. The van der Waals surface area contributed by atoms with Crippen molar-refractivity contribution in [2.45, 2.75) is 51.2 Å². The van der Waals surface area contributed by atoms with Crippen molar-refractivity contribution < 1.29 is 9.13 Å². The molecule has 1 aliphatic rings. The first kappa shape index (κ1) is 17.2. The van der Waals surface area contributed by atoms with E-state index in [4.69, 9.17) is 16.3 Å². The van der Waals surface area contributed by atoms with E-state index in [1.54, 1.807) is 6.07 Å². The molecule has 1 saturated heterocycles. The maximum absolute atomic E-state index is 14.2. The summed E-state index contributed by atoms with van der Waals surface area (Å²) in [5.41, 5.74) is 0.640. The second-order valence-electron chi connectivity index (χ2n) is 5.46. The summed E-state index contributed by atoms with van der Waals surface area (Å²) in [6.07, 6.45) is 5.62. The van der Waals surface area contributed by atoms with Crippen LogP contribution in [0.3, 0.4) is 0 Å². The fraction of sp³-hybridized carbons (Fsp3) is 0.625. The molecule has 21 heavy (non-hydrogen) atoms. The lowest BCUT2D eigenvalue weighted by Gasteiger charge is -2.26. The molecule has 1 heterocycles. The largest absolute Gasteiger partial charge is 0.378 e. The van der Waals surface area contributed by atoms with Gasteiger partial charge < -0.3 is 10.1 Å². The molecular formula is C16H22BrClFNO. The van der Waals surface area contributed by atoms with Crippen LogP contribution < -0.4 is 5.32 Å². The van der Waals surface area contributed by atoms with Gasteiger partial charge in [0, 0.05) is 22.7 Å². The van der Waals surface area contributed by atoms with E-state index in [-0.39, 0.29) is 11.9 Å². The van der Waals surface area contributed by atoms with E-state index in [1.807, 2.05) is 6.92 Å². The summed E-state index contributed by atoms with van der Waals surface area (Å²) in [5.74, 6) is -0.221. The van der Waals surface area contributed by atoms with Gasteiger partial charge in [-0.05, 0) is 66.7 Å². The predicted molar refractivity (Wildman–Crippen MR) is 88.4 cm³/mol.